The topological polar surface area (TPSA) is 134 Å². The molecule has 1 fully saturated rings. The Morgan fingerprint density at radius 3 is 2.31 bits per heavy atom. The smallest absolute Gasteiger partial charge is 0.410 e. The maximum Gasteiger partial charge on any atom is 0.410 e. The van der Waals surface area contributed by atoms with Crippen LogP contribution in [0.25, 0.3) is 0 Å². The second-order valence-electron chi connectivity index (χ2n) is 10.6. The van der Waals surface area contributed by atoms with Crippen molar-refractivity contribution in [1.82, 2.24) is 15.5 Å². The molecule has 0 saturated carbocycles. The van der Waals surface area contributed by atoms with Crippen LogP contribution >= 0.6 is 0 Å². The van der Waals surface area contributed by atoms with Gasteiger partial charge >= 0.3 is 12.1 Å². The molecule has 0 aliphatic carbocycles. The second kappa shape index (κ2) is 13.1. The summed E-state index contributed by atoms with van der Waals surface area (Å²) in [7, 11) is 0. The molecule has 10 heteroatoms. The Bertz CT molecular complexity index is 1150. The molecule has 210 valence electrons. The first-order valence-electron chi connectivity index (χ1n) is 13.0. The molecule has 1 saturated heterocycles. The van der Waals surface area contributed by atoms with Crippen LogP contribution in [0.15, 0.2) is 54.6 Å². The summed E-state index contributed by atoms with van der Waals surface area (Å²) in [4.78, 5) is 52.9. The highest BCUT2D eigenvalue weighted by Crippen LogP contribution is 2.21. The lowest BCUT2D eigenvalue weighted by Gasteiger charge is -2.28. The van der Waals surface area contributed by atoms with E-state index in [-0.39, 0.29) is 18.8 Å². The Hall–Kier alpha value is -4.08. The lowest BCUT2D eigenvalue weighted by Crippen LogP contribution is -2.55. The SMILES string of the molecule is C[C@H](NC(=O)[C@@H]1CCCN1C(=O)OC(C)(C)C)C(=O)N[C@@H](Cc1ccc(O)cc1)C(=O)OCc1ccccc1. The number of nitrogens with zero attached hydrogens (tertiary/aromatic N) is 1. The maximum absolute atomic E-state index is 13.1. The zero-order valence-corrected chi connectivity index (χ0v) is 22.8. The highest BCUT2D eigenvalue weighted by atomic mass is 16.6. The summed E-state index contributed by atoms with van der Waals surface area (Å²) >= 11 is 0. The summed E-state index contributed by atoms with van der Waals surface area (Å²) in [6.07, 6.45) is 0.636. The van der Waals surface area contributed by atoms with E-state index in [0.29, 0.717) is 24.9 Å². The van der Waals surface area contributed by atoms with E-state index in [1.807, 2.05) is 30.3 Å². The average Bonchev–Trinajstić information content (AvgIpc) is 3.38. The third-order valence-corrected chi connectivity index (χ3v) is 6.14. The van der Waals surface area contributed by atoms with Crippen molar-refractivity contribution < 1.29 is 33.8 Å². The van der Waals surface area contributed by atoms with Crippen LogP contribution in [0.1, 0.15) is 51.7 Å². The molecule has 2 aromatic rings. The van der Waals surface area contributed by atoms with Crippen LogP contribution in [0.5, 0.6) is 5.75 Å². The van der Waals surface area contributed by atoms with Gasteiger partial charge in [-0.3, -0.25) is 14.5 Å². The van der Waals surface area contributed by atoms with Gasteiger partial charge in [0.15, 0.2) is 0 Å². The zero-order chi connectivity index (χ0) is 28.6. The number of hydrogen-bond donors (Lipinski definition) is 3. The monoisotopic (exact) mass is 539 g/mol. The molecule has 1 aliphatic heterocycles. The van der Waals surface area contributed by atoms with Crippen LogP contribution in [-0.2, 0) is 36.9 Å². The molecule has 39 heavy (non-hydrogen) atoms. The summed E-state index contributed by atoms with van der Waals surface area (Å²) in [6.45, 7) is 7.18. The van der Waals surface area contributed by atoms with Gasteiger partial charge in [-0.15, -0.1) is 0 Å². The molecule has 0 radical (unpaired) electrons. The number of likely N-dealkylation sites (tertiary alicyclic amines) is 1. The van der Waals surface area contributed by atoms with Crippen molar-refractivity contribution in [3.63, 3.8) is 0 Å². The van der Waals surface area contributed by atoms with Crippen molar-refractivity contribution >= 4 is 23.9 Å². The number of hydrogen-bond acceptors (Lipinski definition) is 7. The maximum atomic E-state index is 13.1. The first-order chi connectivity index (χ1) is 18.4. The molecule has 3 atom stereocenters. The van der Waals surface area contributed by atoms with Crippen molar-refractivity contribution in [2.75, 3.05) is 6.54 Å². The Kier molecular flexibility index (Phi) is 9.92. The quantitative estimate of drug-likeness (QED) is 0.417. The van der Waals surface area contributed by atoms with Crippen molar-refractivity contribution in [2.24, 2.45) is 0 Å². The van der Waals surface area contributed by atoms with Crippen LogP contribution in [0.3, 0.4) is 0 Å². The van der Waals surface area contributed by atoms with Gasteiger partial charge < -0.3 is 25.2 Å². The van der Waals surface area contributed by atoms with Crippen molar-refractivity contribution in [3.05, 3.63) is 65.7 Å². The molecule has 0 spiro atoms. The summed E-state index contributed by atoms with van der Waals surface area (Å²) in [6, 6.07) is 12.7. The molecule has 0 unspecified atom stereocenters. The molecule has 10 nitrogen and oxygen atoms in total. The summed E-state index contributed by atoms with van der Waals surface area (Å²) in [5.74, 6) is -1.60. The molecule has 2 aromatic carbocycles. The van der Waals surface area contributed by atoms with Gasteiger partial charge in [-0.25, -0.2) is 9.59 Å². The number of nitrogens with one attached hydrogen (secondary N) is 2. The normalized spacial score (nSPS) is 16.6. The van der Waals surface area contributed by atoms with Crippen LogP contribution < -0.4 is 10.6 Å². The minimum Gasteiger partial charge on any atom is -0.508 e. The number of phenolic OH excluding ortho intramolecular Hbond substituents is 1. The Labute approximate surface area is 228 Å². The Morgan fingerprint density at radius 2 is 1.67 bits per heavy atom. The van der Waals surface area contributed by atoms with Gasteiger partial charge in [-0.1, -0.05) is 42.5 Å². The van der Waals surface area contributed by atoms with E-state index in [1.165, 1.54) is 24.0 Å². The highest BCUT2D eigenvalue weighted by Gasteiger charge is 2.37. The molecule has 3 amide bonds. The molecule has 1 heterocycles. The van der Waals surface area contributed by atoms with E-state index in [4.69, 9.17) is 9.47 Å². The number of carbonyl (C=O) groups is 4. The third-order valence-electron chi connectivity index (χ3n) is 6.14. The fourth-order valence-corrected chi connectivity index (χ4v) is 4.14. The predicted octanol–water partition coefficient (Wildman–Crippen LogP) is 3.07. The Balaban J connectivity index is 1.64. The van der Waals surface area contributed by atoms with Crippen molar-refractivity contribution in [1.29, 1.82) is 0 Å². The zero-order valence-electron chi connectivity index (χ0n) is 22.8. The number of ether oxygens (including phenoxy) is 2. The largest absolute Gasteiger partial charge is 0.508 e. The second-order valence-corrected chi connectivity index (χ2v) is 10.6. The average molecular weight is 540 g/mol. The summed E-state index contributed by atoms with van der Waals surface area (Å²) in [5.41, 5.74) is 0.799. The molecule has 3 N–H and O–H groups in total. The van der Waals surface area contributed by atoms with Gasteiger partial charge in [0.05, 0.1) is 0 Å². The van der Waals surface area contributed by atoms with Crippen molar-refractivity contribution in [2.45, 2.75) is 77.3 Å². The molecule has 3 rings (SSSR count). The molecule has 1 aliphatic rings. The molecule has 0 aromatic heterocycles. The van der Waals surface area contributed by atoms with Crippen LogP contribution in [0.2, 0.25) is 0 Å². The minimum absolute atomic E-state index is 0.0378. The summed E-state index contributed by atoms with van der Waals surface area (Å²) in [5, 5.41) is 14.9. The number of esters is 1. The number of phenols is 1. The van der Waals surface area contributed by atoms with E-state index in [9.17, 15) is 24.3 Å². The highest BCUT2D eigenvalue weighted by molar-refractivity contribution is 5.93. The third kappa shape index (κ3) is 9.01. The van der Waals surface area contributed by atoms with Gasteiger partial charge in [0, 0.05) is 13.0 Å². The number of aromatic hydroxyl groups is 1. The van der Waals surface area contributed by atoms with E-state index < -0.39 is 47.6 Å². The van der Waals surface area contributed by atoms with Gasteiger partial charge in [0.2, 0.25) is 11.8 Å². The number of rotatable bonds is 9. The van der Waals surface area contributed by atoms with Gasteiger partial charge in [-0.2, -0.15) is 0 Å². The van der Waals surface area contributed by atoms with Crippen LogP contribution in [0.4, 0.5) is 4.79 Å². The van der Waals surface area contributed by atoms with Crippen LogP contribution in [-0.4, -0.2) is 64.2 Å². The molecule has 0 bridgehead atoms. The van der Waals surface area contributed by atoms with Crippen LogP contribution in [0, 0.1) is 0 Å². The van der Waals surface area contributed by atoms with Gasteiger partial charge in [0.25, 0.3) is 0 Å². The predicted molar refractivity (Wildman–Crippen MR) is 144 cm³/mol. The van der Waals surface area contributed by atoms with E-state index >= 15 is 0 Å². The lowest BCUT2D eigenvalue weighted by molar-refractivity contribution is -0.149. The van der Waals surface area contributed by atoms with E-state index in [0.717, 1.165) is 5.56 Å². The standard InChI is InChI=1S/C29H37N3O7/c1-19(30-26(35)24-11-8-16-32(24)28(37)39-29(2,3)4)25(34)31-23(17-20-12-14-22(33)15-13-20)27(36)38-18-21-9-6-5-7-10-21/h5-7,9-10,12-15,19,23-24,33H,8,11,16-18H2,1-4H3,(H,30,35)(H,31,34)/t19-,23-,24-/m0/s1. The van der Waals surface area contributed by atoms with E-state index in [2.05, 4.69) is 10.6 Å². The first-order valence-corrected chi connectivity index (χ1v) is 13.0. The minimum atomic E-state index is -1.03. The fourth-order valence-electron chi connectivity index (χ4n) is 4.14. The summed E-state index contributed by atoms with van der Waals surface area (Å²) < 4.78 is 10.9. The van der Waals surface area contributed by atoms with Gasteiger partial charge in [0.1, 0.15) is 36.1 Å². The number of benzene rings is 2. The fraction of sp³-hybridized carbons (Fsp3) is 0.448. The van der Waals surface area contributed by atoms with Gasteiger partial charge in [-0.05, 0) is 63.8 Å². The van der Waals surface area contributed by atoms with E-state index in [1.54, 1.807) is 32.9 Å². The number of carbonyl (C=O) groups excluding carboxylic acids is 4. The molecular formula is C29H37N3O7. The Morgan fingerprint density at radius 1 is 1.00 bits per heavy atom. The first kappa shape index (κ1) is 29.5. The lowest BCUT2D eigenvalue weighted by atomic mass is 10.1. The number of amides is 3. The molecular weight excluding hydrogens is 502 g/mol. The van der Waals surface area contributed by atoms with Crippen molar-refractivity contribution in [3.8, 4) is 5.75 Å².